The molecule has 1 atom stereocenters. The van der Waals surface area contributed by atoms with Crippen LogP contribution in [0.2, 0.25) is 0 Å². The van der Waals surface area contributed by atoms with Gasteiger partial charge in [-0.3, -0.25) is 0 Å². The minimum atomic E-state index is -3.53. The first-order valence-electron chi connectivity index (χ1n) is 12.5. The maximum atomic E-state index is 12.5. The highest BCUT2D eigenvalue weighted by Gasteiger charge is 2.13. The molecule has 1 amide bonds. The fourth-order valence-corrected chi connectivity index (χ4v) is 4.96. The quantitative estimate of drug-likeness (QED) is 0.477. The summed E-state index contributed by atoms with van der Waals surface area (Å²) in [7, 11) is -3.53. The Morgan fingerprint density at radius 3 is 2.20 bits per heavy atom. The molecule has 0 radical (unpaired) electrons. The van der Waals surface area contributed by atoms with Crippen LogP contribution < -0.4 is 15.4 Å². The van der Waals surface area contributed by atoms with E-state index in [-0.39, 0.29) is 17.1 Å². The van der Waals surface area contributed by atoms with Gasteiger partial charge in [0.15, 0.2) is 0 Å². The fourth-order valence-electron chi connectivity index (χ4n) is 3.89. The average molecular weight is 504 g/mol. The van der Waals surface area contributed by atoms with Crippen LogP contribution in [0, 0.1) is 0 Å². The van der Waals surface area contributed by atoms with Crippen molar-refractivity contribution in [3.05, 3.63) is 42.2 Å². The van der Waals surface area contributed by atoms with Gasteiger partial charge < -0.3 is 15.4 Å². The summed E-state index contributed by atoms with van der Waals surface area (Å²) in [6, 6.07) is 6.56. The number of ether oxygens (including phenoxy) is 1. The first-order valence-corrected chi connectivity index (χ1v) is 14.0. The lowest BCUT2D eigenvalue weighted by molar-refractivity contribution is 0.101. The van der Waals surface area contributed by atoms with Crippen LogP contribution in [-0.2, 0) is 21.2 Å². The molecule has 0 aliphatic carbocycles. The van der Waals surface area contributed by atoms with Gasteiger partial charge in [-0.1, -0.05) is 32.1 Å². The van der Waals surface area contributed by atoms with Crippen molar-refractivity contribution in [2.75, 3.05) is 18.4 Å². The van der Waals surface area contributed by atoms with E-state index in [4.69, 9.17) is 4.74 Å². The van der Waals surface area contributed by atoms with Crippen LogP contribution in [0.15, 0.2) is 41.6 Å². The Labute approximate surface area is 208 Å². The lowest BCUT2D eigenvalue weighted by Crippen LogP contribution is -2.28. The molecule has 0 spiro atoms. The average Bonchev–Trinajstić information content (AvgIpc) is 2.83. The SMILES string of the molecule is C[C@@H]1CCCc2cnc(nc2)Nc2ccc(cc2)S(=O)(=O)NCCCCCCCCCNC(=O)O1. The maximum Gasteiger partial charge on any atom is 0.407 e. The molecule has 35 heavy (non-hydrogen) atoms. The van der Waals surface area contributed by atoms with Gasteiger partial charge >= 0.3 is 6.09 Å². The number of carbonyl (C=O) groups is 1. The van der Waals surface area contributed by atoms with E-state index in [1.165, 1.54) is 0 Å². The third-order valence-electron chi connectivity index (χ3n) is 5.93. The lowest BCUT2D eigenvalue weighted by Gasteiger charge is -2.14. The summed E-state index contributed by atoms with van der Waals surface area (Å²) < 4.78 is 33.2. The number of aromatic nitrogens is 2. The zero-order valence-electron chi connectivity index (χ0n) is 20.5. The number of hydrogen-bond donors (Lipinski definition) is 3. The van der Waals surface area contributed by atoms with Gasteiger partial charge in [0.2, 0.25) is 16.0 Å². The van der Waals surface area contributed by atoms with Crippen LogP contribution in [0.4, 0.5) is 16.4 Å². The first kappa shape index (κ1) is 26.9. The second-order valence-electron chi connectivity index (χ2n) is 8.97. The van der Waals surface area contributed by atoms with Crippen molar-refractivity contribution in [2.45, 2.75) is 82.1 Å². The molecule has 0 saturated heterocycles. The van der Waals surface area contributed by atoms with E-state index in [0.29, 0.717) is 24.7 Å². The van der Waals surface area contributed by atoms with Gasteiger partial charge in [0.05, 0.1) is 4.90 Å². The number of benzene rings is 1. The van der Waals surface area contributed by atoms with Gasteiger partial charge in [-0.15, -0.1) is 0 Å². The molecule has 3 N–H and O–H groups in total. The third-order valence-corrected chi connectivity index (χ3v) is 7.40. The first-order chi connectivity index (χ1) is 16.9. The Bertz CT molecular complexity index is 1010. The van der Waals surface area contributed by atoms with E-state index >= 15 is 0 Å². The van der Waals surface area contributed by atoms with Crippen molar-refractivity contribution in [1.29, 1.82) is 0 Å². The molecule has 1 aromatic carbocycles. The molecule has 10 heteroatoms. The summed E-state index contributed by atoms with van der Waals surface area (Å²) in [5.41, 5.74) is 1.70. The minimum Gasteiger partial charge on any atom is -0.447 e. The monoisotopic (exact) mass is 503 g/mol. The molecule has 2 aromatic rings. The fraction of sp³-hybridized carbons (Fsp3) is 0.560. The number of alkyl carbamates (subject to hydrolysis) is 1. The summed E-state index contributed by atoms with van der Waals surface area (Å²) in [4.78, 5) is 20.9. The van der Waals surface area contributed by atoms with Crippen LogP contribution in [0.3, 0.4) is 0 Å². The second kappa shape index (κ2) is 14.0. The highest BCUT2D eigenvalue weighted by atomic mass is 32.2. The third kappa shape index (κ3) is 9.81. The number of hydrogen-bond acceptors (Lipinski definition) is 7. The highest BCUT2D eigenvalue weighted by Crippen LogP contribution is 2.17. The standard InChI is InChI=1S/C25H37N5O4S/c1-20-10-9-11-21-18-27-24(28-19-21)30-22-12-14-23(15-13-22)35(32,33)29-17-8-6-4-2-3-5-7-16-26-25(31)34-20/h12-15,18-20,29H,2-11,16-17H2,1H3,(H,26,31)(H,27,28,30)/t20-/m1/s1. The van der Waals surface area contributed by atoms with Crippen LogP contribution in [-0.4, -0.2) is 43.7 Å². The lowest BCUT2D eigenvalue weighted by atomic mass is 10.1. The smallest absolute Gasteiger partial charge is 0.407 e. The second-order valence-corrected chi connectivity index (χ2v) is 10.7. The Hall–Kier alpha value is -2.72. The Kier molecular flexibility index (Phi) is 10.7. The number of amides is 1. The number of anilines is 2. The van der Waals surface area contributed by atoms with E-state index in [1.54, 1.807) is 36.7 Å². The predicted octanol–water partition coefficient (Wildman–Crippen LogP) is 4.68. The molecule has 4 heterocycles. The van der Waals surface area contributed by atoms with E-state index < -0.39 is 10.0 Å². The molecule has 3 aliphatic rings. The largest absolute Gasteiger partial charge is 0.447 e. The van der Waals surface area contributed by atoms with Crippen LogP contribution in [0.25, 0.3) is 0 Å². The molecule has 0 fully saturated rings. The van der Waals surface area contributed by atoms with Crippen LogP contribution in [0.1, 0.15) is 70.3 Å². The zero-order valence-corrected chi connectivity index (χ0v) is 21.3. The summed E-state index contributed by atoms with van der Waals surface area (Å²) in [5.74, 6) is 0.438. The van der Waals surface area contributed by atoms with Crippen LogP contribution in [0.5, 0.6) is 0 Å². The number of aryl methyl sites for hydroxylation is 1. The van der Waals surface area contributed by atoms with E-state index in [9.17, 15) is 13.2 Å². The van der Waals surface area contributed by atoms with Crippen molar-refractivity contribution in [3.8, 4) is 0 Å². The molecular weight excluding hydrogens is 466 g/mol. The topological polar surface area (TPSA) is 122 Å². The van der Waals surface area contributed by atoms with Gasteiger partial charge in [0.25, 0.3) is 0 Å². The van der Waals surface area contributed by atoms with Crippen molar-refractivity contribution in [1.82, 2.24) is 20.0 Å². The maximum absolute atomic E-state index is 12.5. The molecule has 3 aliphatic heterocycles. The summed E-state index contributed by atoms with van der Waals surface area (Å²) >= 11 is 0. The van der Waals surface area contributed by atoms with Crippen molar-refractivity contribution in [3.63, 3.8) is 0 Å². The Balaban J connectivity index is 1.59. The van der Waals surface area contributed by atoms with Crippen molar-refractivity contribution < 1.29 is 17.9 Å². The zero-order chi connectivity index (χ0) is 24.9. The number of nitrogens with one attached hydrogen (secondary N) is 3. The Morgan fingerprint density at radius 2 is 1.51 bits per heavy atom. The van der Waals surface area contributed by atoms with Gasteiger partial charge in [0.1, 0.15) is 6.10 Å². The molecule has 1 aromatic heterocycles. The van der Waals surface area contributed by atoms with E-state index in [1.807, 2.05) is 6.92 Å². The van der Waals surface area contributed by atoms with Crippen molar-refractivity contribution >= 4 is 27.8 Å². The summed E-state index contributed by atoms with van der Waals surface area (Å²) in [6.07, 6.45) is 12.5. The molecule has 192 valence electrons. The number of nitrogens with zero attached hydrogens (tertiary/aromatic N) is 2. The van der Waals surface area contributed by atoms with Gasteiger partial charge in [-0.05, 0) is 68.9 Å². The summed E-state index contributed by atoms with van der Waals surface area (Å²) in [5, 5.41) is 5.92. The molecule has 9 nitrogen and oxygen atoms in total. The number of fused-ring (bicyclic) bond motifs is 2. The molecule has 0 saturated carbocycles. The minimum absolute atomic E-state index is 0.152. The Morgan fingerprint density at radius 1 is 0.886 bits per heavy atom. The van der Waals surface area contributed by atoms with Gasteiger partial charge in [-0.25, -0.2) is 27.9 Å². The van der Waals surface area contributed by atoms with E-state index in [0.717, 1.165) is 69.8 Å². The normalized spacial score (nSPS) is 21.3. The molecular formula is C25H37N5O4S. The number of carbonyl (C=O) groups excluding carboxylic acids is 1. The molecule has 5 rings (SSSR count). The predicted molar refractivity (Wildman–Crippen MR) is 136 cm³/mol. The van der Waals surface area contributed by atoms with Crippen molar-refractivity contribution in [2.24, 2.45) is 0 Å². The highest BCUT2D eigenvalue weighted by molar-refractivity contribution is 7.89. The van der Waals surface area contributed by atoms with Crippen LogP contribution >= 0.6 is 0 Å². The number of sulfonamides is 1. The molecule has 0 unspecified atom stereocenters. The molecule has 4 bridgehead atoms. The van der Waals surface area contributed by atoms with Gasteiger partial charge in [-0.2, -0.15) is 0 Å². The number of rotatable bonds is 0. The van der Waals surface area contributed by atoms with Gasteiger partial charge in [0, 0.05) is 31.2 Å². The van der Waals surface area contributed by atoms with E-state index in [2.05, 4.69) is 25.3 Å². The summed E-state index contributed by atoms with van der Waals surface area (Å²) in [6.45, 7) is 2.95.